The Morgan fingerprint density at radius 3 is 2.00 bits per heavy atom. The molecular weight excluding hydrogens is 130 g/mol. The molecule has 0 saturated heterocycles. The lowest BCUT2D eigenvalue weighted by Crippen LogP contribution is -2.47. The number of esters is 1. The number of hydrogen-bond donors (Lipinski definition) is 1. The Labute approximate surface area is 61.5 Å². The van der Waals surface area contributed by atoms with E-state index in [4.69, 9.17) is 5.73 Å². The molecule has 60 valence electrons. The van der Waals surface area contributed by atoms with Crippen LogP contribution in [0.4, 0.5) is 0 Å². The van der Waals surface area contributed by atoms with Gasteiger partial charge in [0.25, 0.3) is 0 Å². The Kier molecular flexibility index (Phi) is 3.36. The van der Waals surface area contributed by atoms with Gasteiger partial charge in [-0.1, -0.05) is 13.8 Å². The first-order valence-corrected chi connectivity index (χ1v) is 3.48. The van der Waals surface area contributed by atoms with Crippen LogP contribution in [-0.4, -0.2) is 18.6 Å². The highest BCUT2D eigenvalue weighted by molar-refractivity contribution is 5.80. The van der Waals surface area contributed by atoms with Gasteiger partial charge in [-0.15, -0.1) is 0 Å². The van der Waals surface area contributed by atoms with Gasteiger partial charge >= 0.3 is 5.97 Å². The molecule has 0 atom stereocenters. The Hall–Kier alpha value is -0.570. The molecule has 0 saturated carbocycles. The Morgan fingerprint density at radius 2 is 1.90 bits per heavy atom. The zero-order chi connectivity index (χ0) is 8.20. The highest BCUT2D eigenvalue weighted by Crippen LogP contribution is 2.12. The van der Waals surface area contributed by atoms with Crippen LogP contribution in [0.3, 0.4) is 0 Å². The largest absolute Gasteiger partial charge is 0.468 e. The number of ether oxygens (including phenoxy) is 1. The summed E-state index contributed by atoms with van der Waals surface area (Å²) < 4.78 is 4.53. The molecule has 2 N–H and O–H groups in total. The minimum absolute atomic E-state index is 0.322. The molecule has 0 amide bonds. The number of nitrogens with two attached hydrogens (primary N) is 1. The maximum atomic E-state index is 10.9. The van der Waals surface area contributed by atoms with Crippen molar-refractivity contribution in [3.05, 3.63) is 0 Å². The van der Waals surface area contributed by atoms with Gasteiger partial charge in [-0.2, -0.15) is 0 Å². The van der Waals surface area contributed by atoms with Gasteiger partial charge in [0.2, 0.25) is 0 Å². The second-order valence-electron chi connectivity index (χ2n) is 2.35. The van der Waals surface area contributed by atoms with E-state index in [1.54, 1.807) is 0 Å². The minimum atomic E-state index is -0.769. The smallest absolute Gasteiger partial charge is 0.325 e. The van der Waals surface area contributed by atoms with Crippen molar-refractivity contribution in [3.8, 4) is 0 Å². The fraction of sp³-hybridized carbons (Fsp3) is 0.857. The third-order valence-electron chi connectivity index (χ3n) is 1.85. The Bertz CT molecular complexity index is 119. The molecule has 0 heterocycles. The van der Waals surface area contributed by atoms with Crippen molar-refractivity contribution in [2.75, 3.05) is 7.11 Å². The molecule has 0 radical (unpaired) electrons. The normalized spacial score (nSPS) is 11.2. The molecule has 0 aliphatic heterocycles. The van der Waals surface area contributed by atoms with E-state index in [2.05, 4.69) is 4.74 Å². The van der Waals surface area contributed by atoms with Crippen molar-refractivity contribution in [1.82, 2.24) is 0 Å². The molecule has 0 aliphatic carbocycles. The van der Waals surface area contributed by atoms with Crippen molar-refractivity contribution in [2.24, 2.45) is 5.73 Å². The second kappa shape index (κ2) is 3.56. The monoisotopic (exact) mass is 145 g/mol. The SMILES string of the molecule is CCC(N)(CC)C(=O)OC. The lowest BCUT2D eigenvalue weighted by atomic mass is 9.95. The van der Waals surface area contributed by atoms with E-state index in [0.29, 0.717) is 12.8 Å². The summed E-state index contributed by atoms with van der Waals surface area (Å²) in [4.78, 5) is 10.9. The number of carbonyl (C=O) groups excluding carboxylic acids is 1. The van der Waals surface area contributed by atoms with Crippen molar-refractivity contribution in [3.63, 3.8) is 0 Å². The van der Waals surface area contributed by atoms with Gasteiger partial charge in [-0.3, -0.25) is 4.79 Å². The molecule has 0 fully saturated rings. The van der Waals surface area contributed by atoms with Gasteiger partial charge in [0.05, 0.1) is 7.11 Å². The predicted octanol–water partition coefficient (Wildman–Crippen LogP) is 0.677. The van der Waals surface area contributed by atoms with Gasteiger partial charge < -0.3 is 10.5 Å². The van der Waals surface area contributed by atoms with E-state index in [1.807, 2.05) is 13.8 Å². The zero-order valence-corrected chi connectivity index (χ0v) is 6.81. The summed E-state index contributed by atoms with van der Waals surface area (Å²) in [6.07, 6.45) is 1.24. The lowest BCUT2D eigenvalue weighted by Gasteiger charge is -2.22. The molecular formula is C7H15NO2. The average molecular weight is 145 g/mol. The first-order valence-electron chi connectivity index (χ1n) is 3.48. The van der Waals surface area contributed by atoms with Crippen LogP contribution >= 0.6 is 0 Å². The maximum absolute atomic E-state index is 10.9. The highest BCUT2D eigenvalue weighted by atomic mass is 16.5. The van der Waals surface area contributed by atoms with Crippen molar-refractivity contribution >= 4 is 5.97 Å². The number of rotatable bonds is 3. The standard InChI is InChI=1S/C7H15NO2/c1-4-7(8,5-2)6(9)10-3/h4-5,8H2,1-3H3. The van der Waals surface area contributed by atoms with Crippen LogP contribution in [0.2, 0.25) is 0 Å². The van der Waals surface area contributed by atoms with Crippen LogP contribution in [-0.2, 0) is 9.53 Å². The number of carbonyl (C=O) groups is 1. The van der Waals surface area contributed by atoms with E-state index in [1.165, 1.54) is 7.11 Å². The van der Waals surface area contributed by atoms with E-state index < -0.39 is 5.54 Å². The summed E-state index contributed by atoms with van der Waals surface area (Å²) in [5.41, 5.74) is 4.91. The third kappa shape index (κ3) is 1.70. The van der Waals surface area contributed by atoms with E-state index in [9.17, 15) is 4.79 Å². The summed E-state index contributed by atoms with van der Waals surface area (Å²) in [7, 11) is 1.36. The van der Waals surface area contributed by atoms with Gasteiger partial charge in [0.1, 0.15) is 5.54 Å². The van der Waals surface area contributed by atoms with Crippen LogP contribution in [0, 0.1) is 0 Å². The van der Waals surface area contributed by atoms with Crippen LogP contribution in [0.15, 0.2) is 0 Å². The molecule has 0 unspecified atom stereocenters. The van der Waals surface area contributed by atoms with Gasteiger partial charge in [0.15, 0.2) is 0 Å². The van der Waals surface area contributed by atoms with Crippen molar-refractivity contribution in [1.29, 1.82) is 0 Å². The maximum Gasteiger partial charge on any atom is 0.325 e. The molecule has 0 spiro atoms. The molecule has 0 aromatic rings. The fourth-order valence-corrected chi connectivity index (χ4v) is 0.742. The van der Waals surface area contributed by atoms with Gasteiger partial charge in [-0.25, -0.2) is 0 Å². The number of methoxy groups -OCH3 is 1. The molecule has 0 rings (SSSR count). The van der Waals surface area contributed by atoms with Gasteiger partial charge in [0, 0.05) is 0 Å². The van der Waals surface area contributed by atoms with Crippen molar-refractivity contribution in [2.45, 2.75) is 32.2 Å². The molecule has 0 aromatic heterocycles. The Balaban J connectivity index is 4.17. The molecule has 10 heavy (non-hydrogen) atoms. The topological polar surface area (TPSA) is 52.3 Å². The Morgan fingerprint density at radius 1 is 1.50 bits per heavy atom. The minimum Gasteiger partial charge on any atom is -0.468 e. The summed E-state index contributed by atoms with van der Waals surface area (Å²) in [5, 5.41) is 0. The molecule has 0 bridgehead atoms. The first-order chi connectivity index (χ1) is 4.60. The summed E-state index contributed by atoms with van der Waals surface area (Å²) >= 11 is 0. The first kappa shape index (κ1) is 9.43. The fourth-order valence-electron chi connectivity index (χ4n) is 0.742. The van der Waals surface area contributed by atoms with Crippen LogP contribution in [0.25, 0.3) is 0 Å². The molecule has 0 aliphatic rings. The third-order valence-corrected chi connectivity index (χ3v) is 1.85. The average Bonchev–Trinajstić information content (AvgIpc) is 2.01. The summed E-state index contributed by atoms with van der Waals surface area (Å²) in [6.45, 7) is 3.75. The van der Waals surface area contributed by atoms with E-state index in [0.717, 1.165) is 0 Å². The van der Waals surface area contributed by atoms with Crippen LogP contribution in [0.5, 0.6) is 0 Å². The predicted molar refractivity (Wildman–Crippen MR) is 39.5 cm³/mol. The number of hydrogen-bond acceptors (Lipinski definition) is 3. The summed E-state index contributed by atoms with van der Waals surface area (Å²) in [5.74, 6) is -0.322. The lowest BCUT2D eigenvalue weighted by molar-refractivity contribution is -0.147. The highest BCUT2D eigenvalue weighted by Gasteiger charge is 2.30. The van der Waals surface area contributed by atoms with E-state index in [-0.39, 0.29) is 5.97 Å². The molecule has 3 nitrogen and oxygen atoms in total. The quantitative estimate of drug-likeness (QED) is 0.594. The van der Waals surface area contributed by atoms with E-state index >= 15 is 0 Å². The molecule has 3 heteroatoms. The van der Waals surface area contributed by atoms with Crippen LogP contribution in [0.1, 0.15) is 26.7 Å². The van der Waals surface area contributed by atoms with Crippen molar-refractivity contribution < 1.29 is 9.53 Å². The second-order valence-corrected chi connectivity index (χ2v) is 2.35. The molecule has 0 aromatic carbocycles. The van der Waals surface area contributed by atoms with Crippen LogP contribution < -0.4 is 5.73 Å². The zero-order valence-electron chi connectivity index (χ0n) is 6.81. The summed E-state index contributed by atoms with van der Waals surface area (Å²) in [6, 6.07) is 0. The van der Waals surface area contributed by atoms with Gasteiger partial charge in [-0.05, 0) is 12.8 Å².